The van der Waals surface area contributed by atoms with Gasteiger partial charge in [-0.05, 0) is 65.3 Å². The quantitative estimate of drug-likeness (QED) is 0.580. The molecule has 0 N–H and O–H groups in total. The molecule has 1 unspecified atom stereocenters. The van der Waals surface area contributed by atoms with Crippen LogP contribution in [0.25, 0.3) is 16.3 Å². The van der Waals surface area contributed by atoms with E-state index in [0.717, 1.165) is 16.9 Å². The highest BCUT2D eigenvalue weighted by atomic mass is 14.2. The van der Waals surface area contributed by atoms with Gasteiger partial charge < -0.3 is 0 Å². The van der Waals surface area contributed by atoms with Crippen molar-refractivity contribution in [1.82, 2.24) is 0 Å². The largest absolute Gasteiger partial charge is 0.192 e. The molecule has 0 saturated carbocycles. The van der Waals surface area contributed by atoms with E-state index in [-0.39, 0.29) is 0 Å². The minimum atomic E-state index is 0.733. The Morgan fingerprint density at radius 1 is 1.09 bits per heavy atom. The molecule has 0 spiro atoms. The van der Waals surface area contributed by atoms with Gasteiger partial charge in [0.15, 0.2) is 0 Å². The van der Waals surface area contributed by atoms with Gasteiger partial charge in [-0.2, -0.15) is 5.26 Å². The van der Waals surface area contributed by atoms with E-state index >= 15 is 0 Å². The molecule has 1 aliphatic carbocycles. The number of hydrogen-bond acceptors (Lipinski definition) is 1. The van der Waals surface area contributed by atoms with Crippen LogP contribution in [0.4, 0.5) is 0 Å². The summed E-state index contributed by atoms with van der Waals surface area (Å²) in [5.41, 5.74) is 3.59. The van der Waals surface area contributed by atoms with E-state index in [9.17, 15) is 0 Å². The lowest BCUT2D eigenvalue weighted by atomic mass is 9.83. The second-order valence-electron chi connectivity index (χ2n) is 6.75. The molecule has 2 aromatic carbocycles. The minimum Gasteiger partial charge on any atom is -0.192 e. The first-order valence-corrected chi connectivity index (χ1v) is 8.93. The fourth-order valence-corrected chi connectivity index (χ4v) is 3.61. The first-order valence-electron chi connectivity index (χ1n) is 8.93. The fourth-order valence-electron chi connectivity index (χ4n) is 3.61. The Morgan fingerprint density at radius 2 is 1.91 bits per heavy atom. The van der Waals surface area contributed by atoms with Crippen molar-refractivity contribution in [3.63, 3.8) is 0 Å². The highest BCUT2D eigenvalue weighted by molar-refractivity contribution is 5.87. The zero-order valence-corrected chi connectivity index (χ0v) is 14.0. The Kier molecular flexibility index (Phi) is 5.13. The summed E-state index contributed by atoms with van der Waals surface area (Å²) in [5.74, 6) is 0.893. The average molecular weight is 303 g/mol. The number of nitriles is 1. The molecule has 0 aliphatic heterocycles. The number of benzene rings is 2. The third kappa shape index (κ3) is 3.82. The smallest absolute Gasteiger partial charge is 0.0991 e. The van der Waals surface area contributed by atoms with E-state index in [0.29, 0.717) is 0 Å². The molecule has 0 fully saturated rings. The van der Waals surface area contributed by atoms with Crippen molar-refractivity contribution in [1.29, 1.82) is 5.26 Å². The summed E-state index contributed by atoms with van der Waals surface area (Å²) >= 11 is 0. The summed E-state index contributed by atoms with van der Waals surface area (Å²) in [7, 11) is 0. The van der Waals surface area contributed by atoms with E-state index < -0.39 is 0 Å². The van der Waals surface area contributed by atoms with Crippen LogP contribution in [0, 0.1) is 17.2 Å². The number of allylic oxidation sites excluding steroid dienone is 2. The molecule has 2 aromatic rings. The summed E-state index contributed by atoms with van der Waals surface area (Å²) in [6.07, 6.45) is 11.7. The van der Waals surface area contributed by atoms with Gasteiger partial charge in [-0.25, -0.2) is 0 Å². The Labute approximate surface area is 139 Å². The lowest BCUT2D eigenvalue weighted by Gasteiger charge is -2.22. The molecule has 1 nitrogen and oxygen atoms in total. The third-order valence-electron chi connectivity index (χ3n) is 5.08. The van der Waals surface area contributed by atoms with Gasteiger partial charge in [0.05, 0.1) is 11.6 Å². The Hall–Kier alpha value is -2.07. The predicted molar refractivity (Wildman–Crippen MR) is 98.1 cm³/mol. The van der Waals surface area contributed by atoms with Crippen molar-refractivity contribution in [2.45, 2.75) is 51.9 Å². The molecule has 0 amide bonds. The molecule has 0 aromatic heterocycles. The maximum absolute atomic E-state index is 9.00. The fraction of sp³-hybridized carbons (Fsp3) is 0.409. The second-order valence-corrected chi connectivity index (χ2v) is 6.75. The lowest BCUT2D eigenvalue weighted by Crippen LogP contribution is -2.05. The molecule has 0 saturated heterocycles. The molecule has 1 heteroatoms. The van der Waals surface area contributed by atoms with Gasteiger partial charge in [-0.1, -0.05) is 56.9 Å². The normalized spacial score (nSPS) is 17.7. The Bertz CT molecular complexity index is 748. The van der Waals surface area contributed by atoms with Crippen LogP contribution in [-0.4, -0.2) is 0 Å². The molecule has 0 radical (unpaired) electrons. The van der Waals surface area contributed by atoms with Gasteiger partial charge in [0.2, 0.25) is 0 Å². The number of nitrogens with zero attached hydrogens (tertiary/aromatic N) is 1. The first kappa shape index (κ1) is 15.8. The highest BCUT2D eigenvalue weighted by Crippen LogP contribution is 2.33. The number of hydrogen-bond donors (Lipinski definition) is 0. The van der Waals surface area contributed by atoms with E-state index in [1.807, 2.05) is 12.1 Å². The van der Waals surface area contributed by atoms with Crippen LogP contribution in [0.3, 0.4) is 0 Å². The van der Waals surface area contributed by atoms with Crippen LogP contribution in [-0.2, 0) is 0 Å². The lowest BCUT2D eigenvalue weighted by molar-refractivity contribution is 0.428. The van der Waals surface area contributed by atoms with Gasteiger partial charge in [0, 0.05) is 0 Å². The maximum Gasteiger partial charge on any atom is 0.0991 e. The zero-order valence-electron chi connectivity index (χ0n) is 14.0. The van der Waals surface area contributed by atoms with E-state index in [2.05, 4.69) is 43.3 Å². The molecule has 0 bridgehead atoms. The SMILES string of the molecule is CCCCCC1CC=C(c2ccc3cc(C#N)ccc3c2)CC1. The summed E-state index contributed by atoms with van der Waals surface area (Å²) in [6, 6.07) is 14.8. The van der Waals surface area contributed by atoms with Crippen molar-refractivity contribution < 1.29 is 0 Å². The van der Waals surface area contributed by atoms with E-state index in [1.54, 1.807) is 0 Å². The van der Waals surface area contributed by atoms with Crippen molar-refractivity contribution in [2.75, 3.05) is 0 Å². The van der Waals surface area contributed by atoms with E-state index in [1.165, 1.54) is 61.5 Å². The highest BCUT2D eigenvalue weighted by Gasteiger charge is 2.15. The van der Waals surface area contributed by atoms with Crippen LogP contribution in [0.1, 0.15) is 63.0 Å². The monoisotopic (exact) mass is 303 g/mol. The summed E-state index contributed by atoms with van der Waals surface area (Å²) in [4.78, 5) is 0. The first-order chi connectivity index (χ1) is 11.3. The van der Waals surface area contributed by atoms with Gasteiger partial charge >= 0.3 is 0 Å². The average Bonchev–Trinajstić information content (AvgIpc) is 2.61. The predicted octanol–water partition coefficient (Wildman–Crippen LogP) is 6.48. The summed E-state index contributed by atoms with van der Waals surface area (Å²) in [6.45, 7) is 2.28. The van der Waals surface area contributed by atoms with Gasteiger partial charge in [0.1, 0.15) is 0 Å². The topological polar surface area (TPSA) is 23.8 Å². The van der Waals surface area contributed by atoms with Gasteiger partial charge in [-0.15, -0.1) is 0 Å². The molecule has 23 heavy (non-hydrogen) atoms. The maximum atomic E-state index is 9.00. The van der Waals surface area contributed by atoms with E-state index in [4.69, 9.17) is 5.26 Å². The molecule has 1 atom stereocenters. The summed E-state index contributed by atoms with van der Waals surface area (Å²) < 4.78 is 0. The van der Waals surface area contributed by atoms with Crippen molar-refractivity contribution in [2.24, 2.45) is 5.92 Å². The molecular formula is C22H25N. The number of unbranched alkanes of at least 4 members (excludes halogenated alkanes) is 2. The van der Waals surface area contributed by atoms with Crippen molar-refractivity contribution in [3.8, 4) is 6.07 Å². The molecule has 1 aliphatic rings. The molecular weight excluding hydrogens is 278 g/mol. The zero-order chi connectivity index (χ0) is 16.1. The van der Waals surface area contributed by atoms with Crippen molar-refractivity contribution in [3.05, 3.63) is 53.6 Å². The van der Waals surface area contributed by atoms with Gasteiger partial charge in [-0.3, -0.25) is 0 Å². The Balaban J connectivity index is 1.72. The standard InChI is InChI=1S/C22H25N/c1-2-3-4-5-17-6-9-19(10-7-17)21-13-12-20-14-18(16-23)8-11-22(20)15-21/h8-9,11-15,17H,2-7,10H2,1H3. The molecule has 0 heterocycles. The van der Waals surface area contributed by atoms with Crippen molar-refractivity contribution >= 4 is 16.3 Å². The molecule has 3 rings (SSSR count). The van der Waals surface area contributed by atoms with Crippen LogP contribution in [0.5, 0.6) is 0 Å². The van der Waals surface area contributed by atoms with Crippen LogP contribution in [0.2, 0.25) is 0 Å². The number of rotatable bonds is 5. The Morgan fingerprint density at radius 3 is 2.65 bits per heavy atom. The van der Waals surface area contributed by atoms with Crippen LogP contribution in [0.15, 0.2) is 42.5 Å². The van der Waals surface area contributed by atoms with Crippen LogP contribution >= 0.6 is 0 Å². The second kappa shape index (κ2) is 7.47. The van der Waals surface area contributed by atoms with Crippen LogP contribution < -0.4 is 0 Å². The summed E-state index contributed by atoms with van der Waals surface area (Å²) in [5, 5.41) is 11.4. The number of fused-ring (bicyclic) bond motifs is 1. The van der Waals surface area contributed by atoms with Gasteiger partial charge in [0.25, 0.3) is 0 Å². The third-order valence-corrected chi connectivity index (χ3v) is 5.08. The molecule has 118 valence electrons. The minimum absolute atomic E-state index is 0.733.